The van der Waals surface area contributed by atoms with Crippen LogP contribution >= 0.6 is 0 Å². The van der Waals surface area contributed by atoms with Crippen molar-refractivity contribution in [2.75, 3.05) is 6.61 Å². The molecule has 1 fully saturated rings. The van der Waals surface area contributed by atoms with Gasteiger partial charge >= 0.3 is 5.97 Å². The Kier molecular flexibility index (Phi) is 29.7. The molecule has 0 radical (unpaired) electrons. The fourth-order valence-electron chi connectivity index (χ4n) is 6.25. The number of ether oxygens (including phenoxy) is 1. The fourth-order valence-corrected chi connectivity index (χ4v) is 6.25. The molecule has 0 aromatic rings. The summed E-state index contributed by atoms with van der Waals surface area (Å²) in [7, 11) is 0. The summed E-state index contributed by atoms with van der Waals surface area (Å²) in [5.74, 6) is -0.0964. The predicted octanol–water partition coefficient (Wildman–Crippen LogP) is 11.0. The van der Waals surface area contributed by atoms with Crippen LogP contribution in [0.5, 0.6) is 0 Å². The molecule has 5 nitrogen and oxygen atoms in total. The molecule has 0 aliphatic heterocycles. The van der Waals surface area contributed by atoms with Gasteiger partial charge in [-0.15, -0.1) is 0 Å². The zero-order valence-corrected chi connectivity index (χ0v) is 31.2. The summed E-state index contributed by atoms with van der Waals surface area (Å²) < 4.78 is 5.38. The lowest BCUT2D eigenvalue weighted by Gasteiger charge is -2.23. The Bertz CT molecular complexity index is 987. The summed E-state index contributed by atoms with van der Waals surface area (Å²) >= 11 is 0. The molecule has 278 valence electrons. The highest BCUT2D eigenvalue weighted by Crippen LogP contribution is 2.38. The van der Waals surface area contributed by atoms with Gasteiger partial charge in [0.25, 0.3) is 0 Å². The Hall–Kier alpha value is -2.47. The number of rotatable bonds is 30. The van der Waals surface area contributed by atoms with Crippen molar-refractivity contribution in [3.8, 4) is 0 Å². The molecular weight excluding hydrogens is 608 g/mol. The molecule has 0 aromatic carbocycles. The van der Waals surface area contributed by atoms with Crippen molar-refractivity contribution in [2.24, 2.45) is 11.8 Å². The SMILES string of the molecule is CC/C=C\C/C=C\C/C=C\C/C=C\C/C=C\C/C=C\CCCOC(=O)CCC/C=C\C[C@@H]1[C@@H](CC[C@@H](O)CCCCCCC)[C@H](O)C[C@@H]1O. The molecule has 0 saturated heterocycles. The first-order valence-electron chi connectivity index (χ1n) is 19.7. The van der Waals surface area contributed by atoms with Crippen molar-refractivity contribution in [3.63, 3.8) is 0 Å². The van der Waals surface area contributed by atoms with Crippen molar-refractivity contribution in [1.82, 2.24) is 0 Å². The zero-order valence-electron chi connectivity index (χ0n) is 31.2. The van der Waals surface area contributed by atoms with Gasteiger partial charge in [0.05, 0.1) is 24.9 Å². The number of carbonyl (C=O) groups is 1. The number of aliphatic hydroxyl groups excluding tert-OH is 3. The van der Waals surface area contributed by atoms with Gasteiger partial charge in [-0.3, -0.25) is 4.79 Å². The predicted molar refractivity (Wildman–Crippen MR) is 208 cm³/mol. The van der Waals surface area contributed by atoms with Gasteiger partial charge in [0, 0.05) is 6.42 Å². The first kappa shape index (κ1) is 44.6. The molecule has 0 heterocycles. The smallest absolute Gasteiger partial charge is 0.305 e. The minimum absolute atomic E-state index is 0.0223. The van der Waals surface area contributed by atoms with Crippen molar-refractivity contribution in [2.45, 2.75) is 167 Å². The van der Waals surface area contributed by atoms with E-state index in [-0.39, 0.29) is 23.9 Å². The Morgan fingerprint density at radius 1 is 0.633 bits per heavy atom. The highest BCUT2D eigenvalue weighted by Gasteiger charge is 2.40. The van der Waals surface area contributed by atoms with E-state index >= 15 is 0 Å². The maximum Gasteiger partial charge on any atom is 0.305 e. The summed E-state index contributed by atoms with van der Waals surface area (Å²) in [6.45, 7) is 4.81. The zero-order chi connectivity index (χ0) is 35.6. The van der Waals surface area contributed by atoms with E-state index in [0.29, 0.717) is 25.9 Å². The van der Waals surface area contributed by atoms with Crippen LogP contribution in [0.4, 0.5) is 0 Å². The Labute approximate surface area is 300 Å². The number of hydrogen-bond donors (Lipinski definition) is 3. The first-order chi connectivity index (χ1) is 24.0. The molecule has 5 atom stereocenters. The first-order valence-corrected chi connectivity index (χ1v) is 19.7. The molecule has 0 bridgehead atoms. The van der Waals surface area contributed by atoms with Crippen molar-refractivity contribution in [1.29, 1.82) is 0 Å². The fraction of sp³-hybridized carbons (Fsp3) is 0.659. The normalized spacial score (nSPS) is 21.0. The van der Waals surface area contributed by atoms with Gasteiger partial charge in [-0.05, 0) is 108 Å². The second-order valence-electron chi connectivity index (χ2n) is 13.5. The summed E-state index contributed by atoms with van der Waals surface area (Å²) in [5, 5.41) is 31.5. The van der Waals surface area contributed by atoms with E-state index in [2.05, 4.69) is 98.9 Å². The molecule has 0 unspecified atom stereocenters. The Morgan fingerprint density at radius 3 is 1.78 bits per heavy atom. The highest BCUT2D eigenvalue weighted by molar-refractivity contribution is 5.69. The van der Waals surface area contributed by atoms with Gasteiger partial charge in [0.2, 0.25) is 0 Å². The minimum Gasteiger partial charge on any atom is -0.466 e. The van der Waals surface area contributed by atoms with Crippen LogP contribution in [0.1, 0.15) is 149 Å². The molecule has 1 aliphatic rings. The largest absolute Gasteiger partial charge is 0.466 e. The number of esters is 1. The van der Waals surface area contributed by atoms with Crippen LogP contribution in [0.2, 0.25) is 0 Å². The van der Waals surface area contributed by atoms with Crippen molar-refractivity contribution < 1.29 is 24.9 Å². The molecule has 5 heteroatoms. The number of aliphatic hydroxyl groups is 3. The number of unbranched alkanes of at least 4 members (excludes halogenated alkanes) is 6. The molecule has 3 N–H and O–H groups in total. The van der Waals surface area contributed by atoms with Crippen LogP contribution in [0, 0.1) is 11.8 Å². The third-order valence-corrected chi connectivity index (χ3v) is 9.20. The molecule has 1 saturated carbocycles. The van der Waals surface area contributed by atoms with E-state index in [0.717, 1.165) is 89.9 Å². The van der Waals surface area contributed by atoms with Crippen molar-refractivity contribution >= 4 is 5.97 Å². The second-order valence-corrected chi connectivity index (χ2v) is 13.5. The average molecular weight is 681 g/mol. The summed E-state index contributed by atoms with van der Waals surface area (Å²) in [5.41, 5.74) is 0. The van der Waals surface area contributed by atoms with Gasteiger partial charge < -0.3 is 20.1 Å². The Morgan fingerprint density at radius 2 is 1.16 bits per heavy atom. The molecule has 49 heavy (non-hydrogen) atoms. The maximum absolute atomic E-state index is 12.1. The third-order valence-electron chi connectivity index (χ3n) is 9.20. The van der Waals surface area contributed by atoms with Gasteiger partial charge in [-0.25, -0.2) is 0 Å². The maximum atomic E-state index is 12.1. The van der Waals surface area contributed by atoms with E-state index in [1.807, 2.05) is 0 Å². The highest BCUT2D eigenvalue weighted by atomic mass is 16.5. The molecule has 0 amide bonds. The summed E-state index contributed by atoms with van der Waals surface area (Å²) in [6, 6.07) is 0. The van der Waals surface area contributed by atoms with Crippen LogP contribution in [-0.4, -0.2) is 46.2 Å². The van der Waals surface area contributed by atoms with Crippen LogP contribution in [-0.2, 0) is 9.53 Å². The van der Waals surface area contributed by atoms with Gasteiger partial charge in [0.15, 0.2) is 0 Å². The van der Waals surface area contributed by atoms with E-state index < -0.39 is 12.2 Å². The van der Waals surface area contributed by atoms with Gasteiger partial charge in [-0.2, -0.15) is 0 Å². The lowest BCUT2D eigenvalue weighted by Crippen LogP contribution is -2.23. The summed E-state index contributed by atoms with van der Waals surface area (Å²) in [6.07, 6.45) is 48.2. The molecule has 1 rings (SSSR count). The number of allylic oxidation sites excluding steroid dienone is 14. The van der Waals surface area contributed by atoms with Gasteiger partial charge in [0.1, 0.15) is 0 Å². The molecule has 0 aromatic heterocycles. The van der Waals surface area contributed by atoms with Crippen molar-refractivity contribution in [3.05, 3.63) is 85.1 Å². The third kappa shape index (κ3) is 26.1. The molecule has 1 aliphatic carbocycles. The number of hydrogen-bond acceptors (Lipinski definition) is 5. The van der Waals surface area contributed by atoms with Crippen LogP contribution in [0.3, 0.4) is 0 Å². The van der Waals surface area contributed by atoms with Crippen LogP contribution < -0.4 is 0 Å². The average Bonchev–Trinajstić information content (AvgIpc) is 3.36. The Balaban J connectivity index is 2.05. The lowest BCUT2D eigenvalue weighted by atomic mass is 9.85. The quantitative estimate of drug-likeness (QED) is 0.0399. The molecular formula is C44H72O5. The standard InChI is InChI=1S/C44H72O5/c1-3-5-7-9-10-11-12-13-14-15-16-17-18-19-20-21-22-23-27-31-37-49-44(48)34-30-26-25-29-33-40-41(43(47)38-42(40)46)36-35-39(45)32-28-24-8-6-4-2/h5,7,10-11,13-14,16-17,19-20,22-23,25,29,39-43,45-47H,3-4,6,8-9,12,15,18,21,24,26-28,30-38H2,1-2H3/b7-5-,11-10-,14-13-,17-16-,20-19-,23-22-,29-25-/t39-,40+,41+,42-,43+/m0/s1. The number of carbonyl (C=O) groups excluding carboxylic acids is 1. The van der Waals surface area contributed by atoms with E-state index in [9.17, 15) is 20.1 Å². The van der Waals surface area contributed by atoms with E-state index in [1.165, 1.54) is 25.7 Å². The van der Waals surface area contributed by atoms with E-state index in [1.54, 1.807) is 0 Å². The second kappa shape index (κ2) is 32.7. The van der Waals surface area contributed by atoms with Crippen LogP contribution in [0.15, 0.2) is 85.1 Å². The van der Waals surface area contributed by atoms with Gasteiger partial charge in [-0.1, -0.05) is 131 Å². The lowest BCUT2D eigenvalue weighted by molar-refractivity contribution is -0.143. The summed E-state index contributed by atoms with van der Waals surface area (Å²) in [4.78, 5) is 12.1. The van der Waals surface area contributed by atoms with E-state index in [4.69, 9.17) is 4.74 Å². The topological polar surface area (TPSA) is 87.0 Å². The van der Waals surface area contributed by atoms with Crippen LogP contribution in [0.25, 0.3) is 0 Å². The monoisotopic (exact) mass is 681 g/mol. The molecule has 0 spiro atoms. The minimum atomic E-state index is -0.501.